The molecule has 0 unspecified atom stereocenters. The molecule has 1 saturated carbocycles. The molecular weight excluding hydrogens is 298 g/mol. The van der Waals surface area contributed by atoms with Gasteiger partial charge in [-0.2, -0.15) is 0 Å². The predicted octanol–water partition coefficient (Wildman–Crippen LogP) is 2.18. The molecule has 0 aliphatic heterocycles. The van der Waals surface area contributed by atoms with E-state index in [9.17, 15) is 14.7 Å². The third-order valence-corrected chi connectivity index (χ3v) is 4.43. The summed E-state index contributed by atoms with van der Waals surface area (Å²) in [5.41, 5.74) is -0.852. The molecule has 1 N–H and O–H groups in total. The average Bonchev–Trinajstić information content (AvgIpc) is 2.50. The van der Waals surface area contributed by atoms with Gasteiger partial charge in [0, 0.05) is 13.5 Å². The maximum atomic E-state index is 12.2. The Bertz CT molecular complexity index is 568. The van der Waals surface area contributed by atoms with Crippen molar-refractivity contribution in [2.24, 2.45) is 5.41 Å². The maximum absolute atomic E-state index is 12.2. The highest BCUT2D eigenvalue weighted by Crippen LogP contribution is 2.44. The first-order chi connectivity index (χ1) is 11.0. The summed E-state index contributed by atoms with van der Waals surface area (Å²) >= 11 is 0. The van der Waals surface area contributed by atoms with Crippen LogP contribution in [0.25, 0.3) is 0 Å². The number of methoxy groups -OCH3 is 1. The van der Waals surface area contributed by atoms with Crippen LogP contribution in [0.3, 0.4) is 0 Å². The van der Waals surface area contributed by atoms with Gasteiger partial charge in [-0.3, -0.25) is 9.59 Å². The number of carboxylic acids is 1. The highest BCUT2D eigenvalue weighted by atomic mass is 16.5. The number of carbonyl (C=O) groups excluding carboxylic acids is 1. The van der Waals surface area contributed by atoms with Crippen LogP contribution >= 0.6 is 0 Å². The van der Waals surface area contributed by atoms with E-state index < -0.39 is 11.4 Å². The molecule has 23 heavy (non-hydrogen) atoms. The molecule has 1 aromatic carbocycles. The third kappa shape index (κ3) is 3.94. The predicted molar refractivity (Wildman–Crippen MR) is 84.7 cm³/mol. The zero-order valence-electron chi connectivity index (χ0n) is 13.6. The Balaban J connectivity index is 1.81. The molecule has 0 radical (unpaired) electrons. The van der Waals surface area contributed by atoms with Crippen molar-refractivity contribution in [2.75, 3.05) is 27.3 Å². The van der Waals surface area contributed by atoms with Gasteiger partial charge in [-0.25, -0.2) is 0 Å². The van der Waals surface area contributed by atoms with Crippen molar-refractivity contribution in [3.63, 3.8) is 0 Å². The fourth-order valence-corrected chi connectivity index (χ4v) is 2.65. The quantitative estimate of drug-likeness (QED) is 0.794. The first-order valence-corrected chi connectivity index (χ1v) is 7.72. The number of hydrogen-bond donors (Lipinski definition) is 1. The number of carbonyl (C=O) groups is 2. The number of amides is 1. The van der Waals surface area contributed by atoms with Crippen LogP contribution in [-0.4, -0.2) is 49.2 Å². The Morgan fingerprint density at radius 2 is 1.91 bits per heavy atom. The second-order valence-electron chi connectivity index (χ2n) is 5.93. The van der Waals surface area contributed by atoms with E-state index in [1.165, 1.54) is 4.90 Å². The zero-order chi connectivity index (χ0) is 16.9. The Kier molecular flexibility index (Phi) is 5.47. The molecular formula is C17H23NO5. The molecule has 2 rings (SSSR count). The van der Waals surface area contributed by atoms with E-state index in [1.807, 2.05) is 12.1 Å². The maximum Gasteiger partial charge on any atom is 0.310 e. The van der Waals surface area contributed by atoms with Gasteiger partial charge in [-0.15, -0.1) is 0 Å². The fourth-order valence-electron chi connectivity index (χ4n) is 2.65. The van der Waals surface area contributed by atoms with Crippen molar-refractivity contribution in [1.82, 2.24) is 4.90 Å². The van der Waals surface area contributed by atoms with Crippen LogP contribution in [0.1, 0.15) is 25.7 Å². The van der Waals surface area contributed by atoms with Crippen LogP contribution in [0.2, 0.25) is 0 Å². The molecule has 0 aromatic heterocycles. The zero-order valence-corrected chi connectivity index (χ0v) is 13.6. The Morgan fingerprint density at radius 1 is 1.26 bits per heavy atom. The summed E-state index contributed by atoms with van der Waals surface area (Å²) in [5.74, 6) is 0.240. The topological polar surface area (TPSA) is 76.1 Å². The smallest absolute Gasteiger partial charge is 0.310 e. The molecule has 0 atom stereocenters. The first kappa shape index (κ1) is 17.1. The van der Waals surface area contributed by atoms with Crippen LogP contribution in [0.4, 0.5) is 0 Å². The largest absolute Gasteiger partial charge is 0.493 e. The third-order valence-electron chi connectivity index (χ3n) is 4.43. The van der Waals surface area contributed by atoms with Crippen molar-refractivity contribution >= 4 is 11.9 Å². The van der Waals surface area contributed by atoms with E-state index in [4.69, 9.17) is 9.47 Å². The lowest BCUT2D eigenvalue weighted by Gasteiger charge is -2.37. The lowest BCUT2D eigenvalue weighted by atomic mass is 9.66. The Labute approximate surface area is 136 Å². The molecule has 1 fully saturated rings. The van der Waals surface area contributed by atoms with Gasteiger partial charge in [0.2, 0.25) is 5.91 Å². The number of nitrogens with zero attached hydrogens (tertiary/aromatic N) is 1. The van der Waals surface area contributed by atoms with E-state index in [1.54, 1.807) is 26.3 Å². The van der Waals surface area contributed by atoms with E-state index >= 15 is 0 Å². The first-order valence-electron chi connectivity index (χ1n) is 7.72. The van der Waals surface area contributed by atoms with Crippen molar-refractivity contribution in [3.05, 3.63) is 24.3 Å². The van der Waals surface area contributed by atoms with Crippen molar-refractivity contribution < 1.29 is 24.2 Å². The molecule has 1 aromatic rings. The van der Waals surface area contributed by atoms with Crippen molar-refractivity contribution in [2.45, 2.75) is 25.7 Å². The summed E-state index contributed by atoms with van der Waals surface area (Å²) in [7, 11) is 3.24. The number of para-hydroxylation sites is 2. The lowest BCUT2D eigenvalue weighted by molar-refractivity contribution is -0.159. The number of ether oxygens (including phenoxy) is 2. The minimum atomic E-state index is -0.865. The van der Waals surface area contributed by atoms with Gasteiger partial charge < -0.3 is 19.5 Å². The van der Waals surface area contributed by atoms with E-state index in [0.29, 0.717) is 37.5 Å². The second kappa shape index (κ2) is 7.35. The normalized spacial score (nSPS) is 15.4. The summed E-state index contributed by atoms with van der Waals surface area (Å²) in [4.78, 5) is 25.1. The van der Waals surface area contributed by atoms with Crippen LogP contribution in [0.5, 0.6) is 11.5 Å². The van der Waals surface area contributed by atoms with Crippen molar-refractivity contribution in [1.29, 1.82) is 0 Å². The molecule has 6 heteroatoms. The summed E-state index contributed by atoms with van der Waals surface area (Å²) in [5, 5.41) is 9.29. The van der Waals surface area contributed by atoms with E-state index in [0.717, 1.165) is 6.42 Å². The van der Waals surface area contributed by atoms with E-state index in [2.05, 4.69) is 0 Å². The average molecular weight is 321 g/mol. The Hall–Kier alpha value is -2.24. The van der Waals surface area contributed by atoms with Crippen molar-refractivity contribution in [3.8, 4) is 11.5 Å². The molecule has 126 valence electrons. The highest BCUT2D eigenvalue weighted by molar-refractivity contribution is 5.85. The van der Waals surface area contributed by atoms with Gasteiger partial charge in [0.25, 0.3) is 0 Å². The van der Waals surface area contributed by atoms with Gasteiger partial charge in [-0.05, 0) is 25.0 Å². The second-order valence-corrected chi connectivity index (χ2v) is 5.93. The summed E-state index contributed by atoms with van der Waals surface area (Å²) in [6.45, 7) is 0.718. The number of hydrogen-bond acceptors (Lipinski definition) is 4. The molecule has 0 saturated heterocycles. The molecule has 1 aliphatic rings. The minimum Gasteiger partial charge on any atom is -0.493 e. The molecule has 6 nitrogen and oxygen atoms in total. The fraction of sp³-hybridized carbons (Fsp3) is 0.529. The van der Waals surface area contributed by atoms with Crippen LogP contribution in [-0.2, 0) is 9.59 Å². The van der Waals surface area contributed by atoms with Crippen LogP contribution in [0.15, 0.2) is 24.3 Å². The summed E-state index contributed by atoms with van der Waals surface area (Å²) < 4.78 is 10.8. The molecule has 0 spiro atoms. The van der Waals surface area contributed by atoms with E-state index in [-0.39, 0.29) is 12.3 Å². The van der Waals surface area contributed by atoms with Gasteiger partial charge in [0.1, 0.15) is 6.61 Å². The van der Waals surface area contributed by atoms with Crippen LogP contribution in [0, 0.1) is 5.41 Å². The van der Waals surface area contributed by atoms with Gasteiger partial charge in [0.05, 0.1) is 19.1 Å². The molecule has 1 aliphatic carbocycles. The monoisotopic (exact) mass is 321 g/mol. The number of benzene rings is 1. The summed E-state index contributed by atoms with van der Waals surface area (Å²) in [6.07, 6.45) is 2.10. The number of carboxylic acid groups (broad SMARTS) is 1. The molecule has 0 bridgehead atoms. The lowest BCUT2D eigenvalue weighted by Crippen LogP contribution is -2.43. The number of likely N-dealkylation sites (N-methyl/N-ethyl adjacent to an activating group) is 1. The number of rotatable bonds is 8. The standard InChI is InChI=1S/C17H23NO5/c1-18(15(19)12-17(16(20)21)8-5-9-17)10-11-23-14-7-4-3-6-13(14)22-2/h3-4,6-7H,5,8-12H2,1-2H3,(H,20,21). The molecule has 0 heterocycles. The molecule has 1 amide bonds. The van der Waals surface area contributed by atoms with Crippen LogP contribution < -0.4 is 9.47 Å². The minimum absolute atomic E-state index is 0.0630. The SMILES string of the molecule is COc1ccccc1OCCN(C)C(=O)CC1(C(=O)O)CCC1. The van der Waals surface area contributed by atoms with Gasteiger partial charge in [0.15, 0.2) is 11.5 Å². The Morgan fingerprint density at radius 3 is 2.43 bits per heavy atom. The van der Waals surface area contributed by atoms with Gasteiger partial charge >= 0.3 is 5.97 Å². The summed E-state index contributed by atoms with van der Waals surface area (Å²) in [6, 6.07) is 7.30. The number of aliphatic carboxylic acids is 1. The van der Waals surface area contributed by atoms with Gasteiger partial charge in [-0.1, -0.05) is 18.6 Å². The highest BCUT2D eigenvalue weighted by Gasteiger charge is 2.46.